The van der Waals surface area contributed by atoms with E-state index in [1.807, 2.05) is 19.9 Å². The molecule has 1 rings (SSSR count). The number of rotatable bonds is 6. The van der Waals surface area contributed by atoms with Crippen LogP contribution in [-0.2, 0) is 13.9 Å². The maximum Gasteiger partial charge on any atom is 0.192 e. The van der Waals surface area contributed by atoms with Crippen molar-refractivity contribution in [3.63, 3.8) is 0 Å². The van der Waals surface area contributed by atoms with Gasteiger partial charge in [-0.1, -0.05) is 32.9 Å². The van der Waals surface area contributed by atoms with Gasteiger partial charge in [-0.05, 0) is 45.3 Å². The molecule has 0 aromatic carbocycles. The molecule has 130 valence electrons. The smallest absolute Gasteiger partial charge is 0.192 e. The third-order valence-electron chi connectivity index (χ3n) is 4.61. The highest BCUT2D eigenvalue weighted by Gasteiger charge is 2.46. The van der Waals surface area contributed by atoms with Gasteiger partial charge in [-0.2, -0.15) is 0 Å². The maximum absolute atomic E-state index is 8.88. The van der Waals surface area contributed by atoms with Crippen LogP contribution in [0.25, 0.3) is 0 Å². The van der Waals surface area contributed by atoms with Crippen molar-refractivity contribution in [1.29, 1.82) is 0 Å². The largest absolute Gasteiger partial charge is 0.411 e. The van der Waals surface area contributed by atoms with E-state index in [0.29, 0.717) is 0 Å². The number of hydrogen-bond acceptors (Lipinski definition) is 4. The van der Waals surface area contributed by atoms with Gasteiger partial charge in [-0.25, -0.2) is 0 Å². The zero-order valence-corrected chi connectivity index (χ0v) is 16.5. The summed E-state index contributed by atoms with van der Waals surface area (Å²) >= 11 is 0. The van der Waals surface area contributed by atoms with E-state index in [1.165, 1.54) is 0 Å². The van der Waals surface area contributed by atoms with E-state index in [9.17, 15) is 0 Å². The lowest BCUT2D eigenvalue weighted by Gasteiger charge is -2.40. The van der Waals surface area contributed by atoms with Gasteiger partial charge in [-0.3, -0.25) is 0 Å². The first-order valence-electron chi connectivity index (χ1n) is 8.19. The van der Waals surface area contributed by atoms with Crippen molar-refractivity contribution in [1.82, 2.24) is 0 Å². The van der Waals surface area contributed by atoms with E-state index in [0.717, 1.165) is 6.42 Å². The summed E-state index contributed by atoms with van der Waals surface area (Å²) in [5, 5.41) is 9.05. The molecule has 0 unspecified atom stereocenters. The van der Waals surface area contributed by atoms with Crippen molar-refractivity contribution in [2.24, 2.45) is 0 Å². The van der Waals surface area contributed by atoms with Crippen LogP contribution >= 0.6 is 0 Å². The Balaban J connectivity index is 2.80. The summed E-state index contributed by atoms with van der Waals surface area (Å²) in [6, 6.07) is 0. The van der Waals surface area contributed by atoms with E-state index in [2.05, 4.69) is 40.8 Å². The molecular weight excluding hydrogens is 296 g/mol. The third kappa shape index (κ3) is 5.17. The standard InChI is InChI=1S/C17H34O4Si/c1-13(21-22(7,8)16(2,3)4)15-14(11-9-10-12-18)19-17(5,6)20-15/h9-10,13-15,18H,11-12H2,1-8H3/b10-9+/t13-,14-,15-/m1/s1. The maximum atomic E-state index is 8.88. The van der Waals surface area contributed by atoms with Crippen LogP contribution in [0.2, 0.25) is 18.1 Å². The van der Waals surface area contributed by atoms with Gasteiger partial charge >= 0.3 is 0 Å². The molecule has 0 aromatic rings. The summed E-state index contributed by atoms with van der Waals surface area (Å²) in [5.41, 5.74) is 0. The Morgan fingerprint density at radius 1 is 1.23 bits per heavy atom. The van der Waals surface area contributed by atoms with Crippen LogP contribution in [0.15, 0.2) is 12.2 Å². The third-order valence-corrected chi connectivity index (χ3v) is 9.18. The SMILES string of the molecule is C[C@@H](O[Si](C)(C)C(C)(C)C)[C@H]1OC(C)(C)O[C@@H]1C/C=C/CO. The first-order chi connectivity index (χ1) is 9.89. The molecule has 1 aliphatic rings. The van der Waals surface area contributed by atoms with Gasteiger partial charge in [0.2, 0.25) is 0 Å². The summed E-state index contributed by atoms with van der Waals surface area (Å²) in [4.78, 5) is 0. The van der Waals surface area contributed by atoms with E-state index >= 15 is 0 Å². The predicted molar refractivity (Wildman–Crippen MR) is 92.4 cm³/mol. The molecule has 1 N–H and O–H groups in total. The normalized spacial score (nSPS) is 27.5. The molecule has 1 heterocycles. The quantitative estimate of drug-likeness (QED) is 0.593. The first-order valence-corrected chi connectivity index (χ1v) is 11.1. The summed E-state index contributed by atoms with van der Waals surface area (Å²) in [6.07, 6.45) is 4.26. The second kappa shape index (κ2) is 7.14. The van der Waals surface area contributed by atoms with Crippen LogP contribution in [0.4, 0.5) is 0 Å². The molecule has 0 saturated carbocycles. The Morgan fingerprint density at radius 2 is 1.82 bits per heavy atom. The van der Waals surface area contributed by atoms with Crippen LogP contribution in [0.5, 0.6) is 0 Å². The lowest BCUT2D eigenvalue weighted by atomic mass is 10.1. The van der Waals surface area contributed by atoms with Crippen molar-refractivity contribution in [2.75, 3.05) is 6.61 Å². The van der Waals surface area contributed by atoms with Crippen molar-refractivity contribution in [3.05, 3.63) is 12.2 Å². The molecule has 1 fully saturated rings. The molecule has 0 aromatic heterocycles. The Hall–Kier alpha value is -0.203. The molecular formula is C17H34O4Si. The van der Waals surface area contributed by atoms with Crippen LogP contribution in [-0.4, -0.2) is 44.1 Å². The zero-order chi connectivity index (χ0) is 17.2. The van der Waals surface area contributed by atoms with E-state index in [1.54, 1.807) is 6.08 Å². The number of hydrogen-bond donors (Lipinski definition) is 1. The molecule has 1 saturated heterocycles. The minimum atomic E-state index is -1.84. The summed E-state index contributed by atoms with van der Waals surface area (Å²) < 4.78 is 18.6. The topological polar surface area (TPSA) is 47.9 Å². The second-order valence-corrected chi connectivity index (χ2v) is 12.9. The van der Waals surface area contributed by atoms with Gasteiger partial charge in [0.25, 0.3) is 0 Å². The predicted octanol–water partition coefficient (Wildman–Crippen LogP) is 3.86. The average Bonchev–Trinajstić information content (AvgIpc) is 2.63. The number of aliphatic hydroxyl groups is 1. The zero-order valence-electron chi connectivity index (χ0n) is 15.5. The van der Waals surface area contributed by atoms with Gasteiger partial charge in [0.15, 0.2) is 14.1 Å². The van der Waals surface area contributed by atoms with Crippen molar-refractivity contribution < 1.29 is 19.0 Å². The van der Waals surface area contributed by atoms with E-state index < -0.39 is 14.1 Å². The van der Waals surface area contributed by atoms with Crippen molar-refractivity contribution >= 4 is 8.32 Å². The van der Waals surface area contributed by atoms with Crippen LogP contribution < -0.4 is 0 Å². The van der Waals surface area contributed by atoms with Gasteiger partial charge in [-0.15, -0.1) is 0 Å². The first kappa shape index (κ1) is 19.8. The van der Waals surface area contributed by atoms with Crippen LogP contribution in [0.1, 0.15) is 48.0 Å². The Morgan fingerprint density at radius 3 is 2.32 bits per heavy atom. The van der Waals surface area contributed by atoms with Gasteiger partial charge < -0.3 is 19.0 Å². The van der Waals surface area contributed by atoms with Crippen molar-refractivity contribution in [3.8, 4) is 0 Å². The van der Waals surface area contributed by atoms with Crippen molar-refractivity contribution in [2.45, 2.75) is 90.2 Å². The van der Waals surface area contributed by atoms with Crippen LogP contribution in [0, 0.1) is 0 Å². The average molecular weight is 331 g/mol. The molecule has 0 radical (unpaired) electrons. The fraction of sp³-hybridized carbons (Fsp3) is 0.882. The van der Waals surface area contributed by atoms with Gasteiger partial charge in [0.05, 0.1) is 18.8 Å². The second-order valence-electron chi connectivity index (χ2n) is 8.11. The van der Waals surface area contributed by atoms with Gasteiger partial charge in [0, 0.05) is 0 Å². The monoisotopic (exact) mass is 330 g/mol. The molecule has 0 amide bonds. The fourth-order valence-electron chi connectivity index (χ4n) is 2.46. The minimum Gasteiger partial charge on any atom is -0.411 e. The molecule has 22 heavy (non-hydrogen) atoms. The lowest BCUT2D eigenvalue weighted by Crippen LogP contribution is -2.48. The Kier molecular flexibility index (Phi) is 6.44. The van der Waals surface area contributed by atoms with Crippen LogP contribution in [0.3, 0.4) is 0 Å². The molecule has 1 aliphatic heterocycles. The summed E-state index contributed by atoms with van der Waals surface area (Å²) in [7, 11) is -1.84. The highest BCUT2D eigenvalue weighted by Crippen LogP contribution is 2.40. The molecule has 0 spiro atoms. The minimum absolute atomic E-state index is 0.0183. The fourth-order valence-corrected chi connectivity index (χ4v) is 3.87. The highest BCUT2D eigenvalue weighted by molar-refractivity contribution is 6.74. The molecule has 0 aliphatic carbocycles. The van der Waals surface area contributed by atoms with Gasteiger partial charge in [0.1, 0.15) is 6.10 Å². The molecule has 3 atom stereocenters. The summed E-state index contributed by atoms with van der Waals surface area (Å²) in [5.74, 6) is -0.590. The molecule has 0 bridgehead atoms. The number of ether oxygens (including phenoxy) is 2. The Bertz CT molecular complexity index is 385. The molecule has 4 nitrogen and oxygen atoms in total. The lowest BCUT2D eigenvalue weighted by molar-refractivity contribution is -0.153. The number of aliphatic hydroxyl groups excluding tert-OH is 1. The Labute approximate surface area is 137 Å². The van der Waals surface area contributed by atoms with E-state index in [4.69, 9.17) is 19.0 Å². The van der Waals surface area contributed by atoms with E-state index in [-0.39, 0.29) is 30.0 Å². The summed E-state index contributed by atoms with van der Waals surface area (Å²) in [6.45, 7) is 17.2. The molecule has 5 heteroatoms. The highest BCUT2D eigenvalue weighted by atomic mass is 28.4.